The fourth-order valence-corrected chi connectivity index (χ4v) is 2.57. The first-order valence-electron chi connectivity index (χ1n) is 5.67. The maximum atomic E-state index is 11.1. The van der Waals surface area contributed by atoms with Crippen LogP contribution in [0.3, 0.4) is 0 Å². The molecule has 1 aromatic carbocycles. The molecule has 0 saturated carbocycles. The molecule has 96 valence electrons. The lowest BCUT2D eigenvalue weighted by atomic mass is 10.2. The fourth-order valence-electron chi connectivity index (χ4n) is 1.65. The zero-order chi connectivity index (χ0) is 13.5. The van der Waals surface area contributed by atoms with Crippen LogP contribution in [0.25, 0.3) is 11.0 Å². The molecule has 0 radical (unpaired) electrons. The molecule has 0 saturated heterocycles. The first kappa shape index (κ1) is 13.0. The quantitative estimate of drug-likeness (QED) is 0.866. The normalized spacial score (nSPS) is 12.0. The molecule has 4 nitrogen and oxygen atoms in total. The summed E-state index contributed by atoms with van der Waals surface area (Å²) in [6.07, 6.45) is 0. The average Bonchev–Trinajstić information content (AvgIpc) is 2.54. The Morgan fingerprint density at radius 2 is 2.11 bits per heavy atom. The largest absolute Gasteiger partial charge is 0.480 e. The summed E-state index contributed by atoms with van der Waals surface area (Å²) in [5.74, 6) is -0.837. The second kappa shape index (κ2) is 4.31. The van der Waals surface area contributed by atoms with Crippen molar-refractivity contribution in [2.24, 2.45) is 7.05 Å². The zero-order valence-electron chi connectivity index (χ0n) is 10.9. The van der Waals surface area contributed by atoms with Crippen molar-refractivity contribution in [1.82, 2.24) is 9.55 Å². The van der Waals surface area contributed by atoms with Crippen molar-refractivity contribution in [1.29, 1.82) is 0 Å². The molecule has 0 bridgehead atoms. The van der Waals surface area contributed by atoms with Crippen LogP contribution in [-0.4, -0.2) is 25.4 Å². The van der Waals surface area contributed by atoms with E-state index in [0.29, 0.717) is 0 Å². The third-order valence-corrected chi connectivity index (χ3v) is 4.09. The summed E-state index contributed by atoms with van der Waals surface area (Å²) < 4.78 is 1.05. The molecule has 5 heteroatoms. The van der Waals surface area contributed by atoms with Crippen LogP contribution in [0.5, 0.6) is 0 Å². The number of carboxylic acids is 1. The van der Waals surface area contributed by atoms with Gasteiger partial charge >= 0.3 is 5.97 Å². The molecule has 18 heavy (non-hydrogen) atoms. The minimum atomic E-state index is -0.885. The zero-order valence-corrected chi connectivity index (χ0v) is 11.7. The van der Waals surface area contributed by atoms with Gasteiger partial charge in [-0.15, -0.1) is 0 Å². The van der Waals surface area contributed by atoms with Gasteiger partial charge in [0.2, 0.25) is 0 Å². The van der Waals surface area contributed by atoms with Crippen molar-refractivity contribution < 1.29 is 9.90 Å². The maximum Gasteiger partial charge on any atom is 0.319 e. The second-order valence-electron chi connectivity index (χ2n) is 4.86. The Bertz CT molecular complexity index is 617. The standard InChI is InChI=1S/C13H16N2O2S/c1-8-5-6-10-9(7-8)14-12(15(10)4)18-13(2,3)11(16)17/h5-7H,1-4H3,(H,16,17). The smallest absolute Gasteiger partial charge is 0.319 e. The number of hydrogen-bond acceptors (Lipinski definition) is 3. The first-order chi connectivity index (χ1) is 8.31. The SMILES string of the molecule is Cc1ccc2c(c1)nc(SC(C)(C)C(=O)O)n2C. The van der Waals surface area contributed by atoms with Crippen LogP contribution in [-0.2, 0) is 11.8 Å². The molecule has 0 amide bonds. The molecule has 0 fully saturated rings. The molecule has 1 N–H and O–H groups in total. The topological polar surface area (TPSA) is 55.1 Å². The van der Waals surface area contributed by atoms with Crippen LogP contribution >= 0.6 is 11.8 Å². The van der Waals surface area contributed by atoms with E-state index in [1.54, 1.807) is 13.8 Å². The Labute approximate surface area is 110 Å². The molecule has 0 atom stereocenters. The Hall–Kier alpha value is -1.49. The van der Waals surface area contributed by atoms with Gasteiger partial charge in [0, 0.05) is 7.05 Å². The Kier molecular flexibility index (Phi) is 3.11. The first-order valence-corrected chi connectivity index (χ1v) is 6.48. The fraction of sp³-hybridized carbons (Fsp3) is 0.385. The number of hydrogen-bond donors (Lipinski definition) is 1. The van der Waals surface area contributed by atoms with Gasteiger partial charge < -0.3 is 9.67 Å². The molecule has 2 aromatic rings. The van der Waals surface area contributed by atoms with Crippen LogP contribution in [0.2, 0.25) is 0 Å². The summed E-state index contributed by atoms with van der Waals surface area (Å²) >= 11 is 1.26. The summed E-state index contributed by atoms with van der Waals surface area (Å²) in [6, 6.07) is 6.05. The highest BCUT2D eigenvalue weighted by molar-refractivity contribution is 8.01. The van der Waals surface area contributed by atoms with Gasteiger partial charge in [0.05, 0.1) is 11.0 Å². The van der Waals surface area contributed by atoms with Gasteiger partial charge in [-0.2, -0.15) is 0 Å². The molecule has 0 aliphatic rings. The highest BCUT2D eigenvalue weighted by Gasteiger charge is 2.30. The minimum absolute atomic E-state index is 0.725. The van der Waals surface area contributed by atoms with Gasteiger partial charge in [0.1, 0.15) is 4.75 Å². The predicted molar refractivity (Wildman–Crippen MR) is 73.0 cm³/mol. The van der Waals surface area contributed by atoms with E-state index in [2.05, 4.69) is 4.98 Å². The van der Waals surface area contributed by atoms with Crippen molar-refractivity contribution in [2.75, 3.05) is 0 Å². The highest BCUT2D eigenvalue weighted by atomic mass is 32.2. The summed E-state index contributed by atoms with van der Waals surface area (Å²) in [5, 5.41) is 9.88. The minimum Gasteiger partial charge on any atom is -0.480 e. The Morgan fingerprint density at radius 1 is 1.44 bits per heavy atom. The molecule has 0 aliphatic heterocycles. The molecule has 0 aliphatic carbocycles. The van der Waals surface area contributed by atoms with Gasteiger partial charge in [-0.3, -0.25) is 4.79 Å². The van der Waals surface area contributed by atoms with E-state index in [1.807, 2.05) is 36.7 Å². The van der Waals surface area contributed by atoms with E-state index in [1.165, 1.54) is 11.8 Å². The average molecular weight is 264 g/mol. The van der Waals surface area contributed by atoms with Crippen LogP contribution < -0.4 is 0 Å². The van der Waals surface area contributed by atoms with E-state index in [4.69, 9.17) is 5.11 Å². The van der Waals surface area contributed by atoms with Crippen LogP contribution in [0.1, 0.15) is 19.4 Å². The predicted octanol–water partition coefficient (Wildman–Crippen LogP) is 2.84. The Balaban J connectivity index is 2.46. The number of carboxylic acid groups (broad SMARTS) is 1. The van der Waals surface area contributed by atoms with Crippen molar-refractivity contribution in [3.63, 3.8) is 0 Å². The lowest BCUT2D eigenvalue weighted by molar-refractivity contribution is -0.138. The summed E-state index contributed by atoms with van der Waals surface area (Å²) in [6.45, 7) is 5.39. The number of aryl methyl sites for hydroxylation is 2. The van der Waals surface area contributed by atoms with E-state index in [0.717, 1.165) is 21.8 Å². The lowest BCUT2D eigenvalue weighted by Crippen LogP contribution is -2.27. The summed E-state index contributed by atoms with van der Waals surface area (Å²) in [7, 11) is 1.91. The summed E-state index contributed by atoms with van der Waals surface area (Å²) in [5.41, 5.74) is 3.07. The van der Waals surface area contributed by atoms with Crippen molar-refractivity contribution in [3.8, 4) is 0 Å². The lowest BCUT2D eigenvalue weighted by Gasteiger charge is -2.17. The highest BCUT2D eigenvalue weighted by Crippen LogP contribution is 2.33. The number of aromatic nitrogens is 2. The van der Waals surface area contributed by atoms with E-state index in [-0.39, 0.29) is 0 Å². The number of carbonyl (C=O) groups is 1. The monoisotopic (exact) mass is 264 g/mol. The molecule has 1 heterocycles. The Morgan fingerprint density at radius 3 is 2.72 bits per heavy atom. The molecular formula is C13H16N2O2S. The molecule has 2 rings (SSSR count). The van der Waals surface area contributed by atoms with Crippen molar-refractivity contribution in [3.05, 3.63) is 23.8 Å². The number of thioether (sulfide) groups is 1. The van der Waals surface area contributed by atoms with E-state index < -0.39 is 10.7 Å². The maximum absolute atomic E-state index is 11.1. The second-order valence-corrected chi connectivity index (χ2v) is 6.45. The number of nitrogens with zero attached hydrogens (tertiary/aromatic N) is 2. The van der Waals surface area contributed by atoms with Gasteiger partial charge in [0.15, 0.2) is 5.16 Å². The van der Waals surface area contributed by atoms with Crippen molar-refractivity contribution >= 4 is 28.8 Å². The van der Waals surface area contributed by atoms with Crippen LogP contribution in [0.15, 0.2) is 23.4 Å². The van der Waals surface area contributed by atoms with Crippen LogP contribution in [0, 0.1) is 6.92 Å². The number of fused-ring (bicyclic) bond motifs is 1. The third kappa shape index (κ3) is 2.22. The van der Waals surface area contributed by atoms with Gasteiger partial charge in [-0.05, 0) is 38.5 Å². The number of imidazole rings is 1. The van der Waals surface area contributed by atoms with Crippen molar-refractivity contribution in [2.45, 2.75) is 30.7 Å². The van der Waals surface area contributed by atoms with Gasteiger partial charge in [-0.25, -0.2) is 4.98 Å². The van der Waals surface area contributed by atoms with E-state index >= 15 is 0 Å². The number of aliphatic carboxylic acids is 1. The summed E-state index contributed by atoms with van der Waals surface area (Å²) in [4.78, 5) is 15.7. The third-order valence-electron chi connectivity index (χ3n) is 2.86. The number of benzene rings is 1. The number of rotatable bonds is 3. The van der Waals surface area contributed by atoms with Gasteiger partial charge in [0.25, 0.3) is 0 Å². The van der Waals surface area contributed by atoms with Gasteiger partial charge in [-0.1, -0.05) is 17.8 Å². The molecule has 0 spiro atoms. The molecule has 1 aromatic heterocycles. The molecular weight excluding hydrogens is 248 g/mol. The van der Waals surface area contributed by atoms with E-state index in [9.17, 15) is 4.79 Å². The molecule has 0 unspecified atom stereocenters. The van der Waals surface area contributed by atoms with Crippen LogP contribution in [0.4, 0.5) is 0 Å².